The van der Waals surface area contributed by atoms with Crippen molar-refractivity contribution in [1.82, 2.24) is 9.97 Å². The van der Waals surface area contributed by atoms with E-state index < -0.39 is 0 Å². The summed E-state index contributed by atoms with van der Waals surface area (Å²) in [5, 5.41) is 3.89. The van der Waals surface area contributed by atoms with Crippen LogP contribution >= 0.6 is 23.2 Å². The van der Waals surface area contributed by atoms with Crippen molar-refractivity contribution in [2.75, 3.05) is 5.32 Å². The SMILES string of the molecule is Cc1cc(-c2nc(C=O)c(Cl)c(NCc3ccco3)n2)ccc1Cl. The molecule has 1 aromatic carbocycles. The third-order valence-electron chi connectivity index (χ3n) is 3.41. The second kappa shape index (κ2) is 7.03. The average molecular weight is 362 g/mol. The highest BCUT2D eigenvalue weighted by atomic mass is 35.5. The highest BCUT2D eigenvalue weighted by molar-refractivity contribution is 6.35. The first kappa shape index (κ1) is 16.5. The fourth-order valence-electron chi connectivity index (χ4n) is 2.16. The summed E-state index contributed by atoms with van der Waals surface area (Å²) in [6.45, 7) is 2.28. The Labute approximate surface area is 148 Å². The van der Waals surface area contributed by atoms with E-state index in [2.05, 4.69) is 15.3 Å². The van der Waals surface area contributed by atoms with Crippen LogP contribution in [0.4, 0.5) is 5.82 Å². The number of carbonyl (C=O) groups excluding carboxylic acids is 1. The summed E-state index contributed by atoms with van der Waals surface area (Å²) in [5.41, 5.74) is 1.76. The predicted molar refractivity (Wildman–Crippen MR) is 93.6 cm³/mol. The van der Waals surface area contributed by atoms with E-state index in [0.29, 0.717) is 29.5 Å². The minimum atomic E-state index is 0.121. The van der Waals surface area contributed by atoms with Gasteiger partial charge < -0.3 is 9.73 Å². The van der Waals surface area contributed by atoms with Crippen molar-refractivity contribution in [1.29, 1.82) is 0 Å². The number of furan rings is 1. The number of aryl methyl sites for hydroxylation is 1. The Balaban J connectivity index is 1.98. The summed E-state index contributed by atoms with van der Waals surface area (Å²) in [6, 6.07) is 9.03. The van der Waals surface area contributed by atoms with Crippen LogP contribution < -0.4 is 5.32 Å². The normalized spacial score (nSPS) is 10.6. The summed E-state index contributed by atoms with van der Waals surface area (Å²) in [4.78, 5) is 19.9. The molecule has 0 amide bonds. The van der Waals surface area contributed by atoms with E-state index in [9.17, 15) is 4.79 Å². The zero-order valence-electron chi connectivity index (χ0n) is 12.7. The van der Waals surface area contributed by atoms with E-state index in [1.54, 1.807) is 24.5 Å². The molecule has 0 aliphatic rings. The molecule has 0 saturated carbocycles. The maximum absolute atomic E-state index is 11.3. The summed E-state index contributed by atoms with van der Waals surface area (Å²) in [5.74, 6) is 1.48. The van der Waals surface area contributed by atoms with Crippen molar-refractivity contribution in [2.24, 2.45) is 0 Å². The van der Waals surface area contributed by atoms with Gasteiger partial charge in [-0.05, 0) is 42.8 Å². The summed E-state index contributed by atoms with van der Waals surface area (Å²) >= 11 is 12.2. The lowest BCUT2D eigenvalue weighted by Crippen LogP contribution is -2.06. The number of aromatic nitrogens is 2. The molecule has 122 valence electrons. The van der Waals surface area contributed by atoms with E-state index in [4.69, 9.17) is 27.6 Å². The van der Waals surface area contributed by atoms with Crippen LogP contribution in [0, 0.1) is 6.92 Å². The summed E-state index contributed by atoms with van der Waals surface area (Å²) < 4.78 is 5.26. The maximum Gasteiger partial charge on any atom is 0.170 e. The molecule has 0 radical (unpaired) electrons. The van der Waals surface area contributed by atoms with Crippen LogP contribution in [0.1, 0.15) is 21.8 Å². The Morgan fingerprint density at radius 1 is 1.25 bits per heavy atom. The quantitative estimate of drug-likeness (QED) is 0.662. The number of nitrogens with zero attached hydrogens (tertiary/aromatic N) is 2. The Bertz CT molecular complexity index is 880. The van der Waals surface area contributed by atoms with Crippen LogP contribution in [0.25, 0.3) is 11.4 Å². The molecule has 24 heavy (non-hydrogen) atoms. The largest absolute Gasteiger partial charge is 0.467 e. The van der Waals surface area contributed by atoms with E-state index in [1.165, 1.54) is 0 Å². The second-order valence-electron chi connectivity index (χ2n) is 5.11. The molecule has 0 fully saturated rings. The molecule has 7 heteroatoms. The molecule has 5 nitrogen and oxygen atoms in total. The van der Waals surface area contributed by atoms with Gasteiger partial charge in [-0.1, -0.05) is 23.2 Å². The first-order valence-electron chi connectivity index (χ1n) is 7.14. The molecule has 0 bridgehead atoms. The van der Waals surface area contributed by atoms with Crippen molar-refractivity contribution in [3.8, 4) is 11.4 Å². The van der Waals surface area contributed by atoms with Gasteiger partial charge >= 0.3 is 0 Å². The first-order valence-corrected chi connectivity index (χ1v) is 7.89. The van der Waals surface area contributed by atoms with Crippen LogP contribution in [-0.2, 0) is 6.54 Å². The Hall–Kier alpha value is -2.37. The second-order valence-corrected chi connectivity index (χ2v) is 5.89. The molecular weight excluding hydrogens is 349 g/mol. The Morgan fingerprint density at radius 2 is 2.08 bits per heavy atom. The minimum absolute atomic E-state index is 0.121. The third kappa shape index (κ3) is 3.42. The van der Waals surface area contributed by atoms with Gasteiger partial charge in [0.15, 0.2) is 12.1 Å². The van der Waals surface area contributed by atoms with Crippen LogP contribution in [0.15, 0.2) is 41.0 Å². The number of hydrogen-bond donors (Lipinski definition) is 1. The van der Waals surface area contributed by atoms with Crippen LogP contribution in [0.5, 0.6) is 0 Å². The molecule has 3 aromatic rings. The van der Waals surface area contributed by atoms with Gasteiger partial charge in [-0.2, -0.15) is 0 Å². The van der Waals surface area contributed by atoms with Crippen molar-refractivity contribution in [3.63, 3.8) is 0 Å². The van der Waals surface area contributed by atoms with Crippen molar-refractivity contribution in [2.45, 2.75) is 13.5 Å². The van der Waals surface area contributed by atoms with Gasteiger partial charge in [0, 0.05) is 10.6 Å². The lowest BCUT2D eigenvalue weighted by Gasteiger charge is -2.10. The zero-order valence-corrected chi connectivity index (χ0v) is 14.2. The van der Waals surface area contributed by atoms with Gasteiger partial charge in [-0.15, -0.1) is 0 Å². The number of hydrogen-bond acceptors (Lipinski definition) is 5. The summed E-state index contributed by atoms with van der Waals surface area (Å²) in [7, 11) is 0. The number of anilines is 1. The molecule has 0 aliphatic carbocycles. The van der Waals surface area contributed by atoms with Crippen LogP contribution in [0.2, 0.25) is 10.0 Å². The van der Waals surface area contributed by atoms with Crippen molar-refractivity contribution in [3.05, 3.63) is 63.7 Å². The smallest absolute Gasteiger partial charge is 0.170 e. The van der Waals surface area contributed by atoms with Gasteiger partial charge in [-0.3, -0.25) is 4.79 Å². The molecule has 0 saturated heterocycles. The van der Waals surface area contributed by atoms with E-state index in [0.717, 1.165) is 16.9 Å². The minimum Gasteiger partial charge on any atom is -0.467 e. The highest BCUT2D eigenvalue weighted by Gasteiger charge is 2.14. The lowest BCUT2D eigenvalue weighted by atomic mass is 10.1. The molecule has 2 heterocycles. The topological polar surface area (TPSA) is 68.0 Å². The number of benzene rings is 1. The van der Waals surface area contributed by atoms with Crippen LogP contribution in [-0.4, -0.2) is 16.3 Å². The van der Waals surface area contributed by atoms with E-state index in [-0.39, 0.29) is 10.7 Å². The molecule has 1 N–H and O–H groups in total. The number of carbonyl (C=O) groups is 1. The summed E-state index contributed by atoms with van der Waals surface area (Å²) in [6.07, 6.45) is 2.19. The van der Waals surface area contributed by atoms with Crippen molar-refractivity contribution >= 4 is 35.3 Å². The molecular formula is C17H13Cl2N3O2. The van der Waals surface area contributed by atoms with Gasteiger partial charge in [-0.25, -0.2) is 9.97 Å². The molecule has 0 aliphatic heterocycles. The molecule has 2 aromatic heterocycles. The predicted octanol–water partition coefficient (Wildman–Crippen LogP) is 4.78. The highest BCUT2D eigenvalue weighted by Crippen LogP contribution is 2.28. The van der Waals surface area contributed by atoms with E-state index >= 15 is 0 Å². The lowest BCUT2D eigenvalue weighted by molar-refractivity contribution is 0.111. The Kier molecular flexibility index (Phi) is 4.83. The standard InChI is InChI=1S/C17H13Cl2N3O2/c1-10-7-11(4-5-13(10)18)16-21-14(9-23)15(19)17(22-16)20-8-12-3-2-6-24-12/h2-7,9H,8H2,1H3,(H,20,21,22). The first-order chi connectivity index (χ1) is 11.6. The third-order valence-corrected chi connectivity index (χ3v) is 4.21. The fourth-order valence-corrected chi connectivity index (χ4v) is 2.47. The number of rotatable bonds is 5. The average Bonchev–Trinajstić information content (AvgIpc) is 3.10. The van der Waals surface area contributed by atoms with Gasteiger partial charge in [0.1, 0.15) is 22.3 Å². The maximum atomic E-state index is 11.3. The Morgan fingerprint density at radius 3 is 2.75 bits per heavy atom. The molecule has 0 atom stereocenters. The molecule has 0 unspecified atom stereocenters. The number of nitrogens with one attached hydrogen (secondary N) is 1. The van der Waals surface area contributed by atoms with Gasteiger partial charge in [0.05, 0.1) is 12.8 Å². The van der Waals surface area contributed by atoms with Crippen LogP contribution in [0.3, 0.4) is 0 Å². The van der Waals surface area contributed by atoms with Crippen molar-refractivity contribution < 1.29 is 9.21 Å². The van der Waals surface area contributed by atoms with Gasteiger partial charge in [0.2, 0.25) is 0 Å². The van der Waals surface area contributed by atoms with Gasteiger partial charge in [0.25, 0.3) is 0 Å². The molecule has 0 spiro atoms. The monoisotopic (exact) mass is 361 g/mol. The number of aldehydes is 1. The number of halogens is 2. The van der Waals surface area contributed by atoms with E-state index in [1.807, 2.05) is 19.1 Å². The zero-order chi connectivity index (χ0) is 17.1. The molecule has 3 rings (SSSR count). The fraction of sp³-hybridized carbons (Fsp3) is 0.118.